The second-order valence-electron chi connectivity index (χ2n) is 4.87. The van der Waals surface area contributed by atoms with E-state index in [1.165, 1.54) is 17.2 Å². The van der Waals surface area contributed by atoms with Gasteiger partial charge in [0.05, 0.1) is 24.1 Å². The van der Waals surface area contributed by atoms with Crippen molar-refractivity contribution < 1.29 is 14.3 Å². The minimum absolute atomic E-state index is 0.0855. The summed E-state index contributed by atoms with van der Waals surface area (Å²) >= 11 is 5.97. The number of hydrogen-bond acceptors (Lipinski definition) is 5. The van der Waals surface area contributed by atoms with E-state index in [4.69, 9.17) is 22.1 Å². The van der Waals surface area contributed by atoms with Crippen molar-refractivity contribution in [1.29, 1.82) is 0 Å². The SMILES string of the molecule is CCOC(=O)C1CCCCN1C(=O)c1cc(N)cnc1Cl. The molecule has 0 aromatic carbocycles. The fourth-order valence-corrected chi connectivity index (χ4v) is 2.61. The lowest BCUT2D eigenvalue weighted by atomic mass is 10.0. The molecule has 1 amide bonds. The van der Waals surface area contributed by atoms with Gasteiger partial charge in [-0.1, -0.05) is 11.6 Å². The molecule has 1 fully saturated rings. The van der Waals surface area contributed by atoms with Crippen LogP contribution in [0.25, 0.3) is 0 Å². The Hall–Kier alpha value is -1.82. The minimum Gasteiger partial charge on any atom is -0.464 e. The molecule has 1 unspecified atom stereocenters. The molecule has 0 bridgehead atoms. The molecule has 2 N–H and O–H groups in total. The van der Waals surface area contributed by atoms with Crippen LogP contribution in [0.1, 0.15) is 36.5 Å². The van der Waals surface area contributed by atoms with Crippen molar-refractivity contribution in [1.82, 2.24) is 9.88 Å². The smallest absolute Gasteiger partial charge is 0.328 e. The van der Waals surface area contributed by atoms with Gasteiger partial charge in [0.1, 0.15) is 11.2 Å². The first kappa shape index (κ1) is 15.6. The third-order valence-electron chi connectivity index (χ3n) is 3.41. The Kier molecular flexibility index (Phi) is 5.01. The van der Waals surface area contributed by atoms with E-state index in [1.54, 1.807) is 6.92 Å². The van der Waals surface area contributed by atoms with Crippen LogP contribution in [0.3, 0.4) is 0 Å². The number of likely N-dealkylation sites (tertiary alicyclic amines) is 1. The predicted molar refractivity (Wildman–Crippen MR) is 79.0 cm³/mol. The van der Waals surface area contributed by atoms with Gasteiger partial charge in [0.2, 0.25) is 0 Å². The van der Waals surface area contributed by atoms with Gasteiger partial charge in [0.15, 0.2) is 0 Å². The van der Waals surface area contributed by atoms with E-state index < -0.39 is 6.04 Å². The van der Waals surface area contributed by atoms with Gasteiger partial charge in [0, 0.05) is 6.54 Å². The molecule has 0 saturated carbocycles. The van der Waals surface area contributed by atoms with Gasteiger partial charge in [-0.15, -0.1) is 0 Å². The number of esters is 1. The van der Waals surface area contributed by atoms with Crippen molar-refractivity contribution in [3.8, 4) is 0 Å². The third kappa shape index (κ3) is 3.44. The molecule has 0 aliphatic carbocycles. The number of halogens is 1. The zero-order valence-electron chi connectivity index (χ0n) is 11.8. The second kappa shape index (κ2) is 6.76. The monoisotopic (exact) mass is 311 g/mol. The van der Waals surface area contributed by atoms with E-state index in [1.807, 2.05) is 0 Å². The Morgan fingerprint density at radius 3 is 3.00 bits per heavy atom. The molecule has 1 aliphatic heterocycles. The lowest BCUT2D eigenvalue weighted by molar-refractivity contribution is -0.149. The highest BCUT2D eigenvalue weighted by atomic mass is 35.5. The lowest BCUT2D eigenvalue weighted by Gasteiger charge is -2.34. The number of aromatic nitrogens is 1. The highest BCUT2D eigenvalue weighted by Gasteiger charge is 2.34. The Morgan fingerprint density at radius 1 is 1.52 bits per heavy atom. The van der Waals surface area contributed by atoms with Gasteiger partial charge in [-0.2, -0.15) is 0 Å². The Morgan fingerprint density at radius 2 is 2.29 bits per heavy atom. The number of rotatable bonds is 3. The maximum absolute atomic E-state index is 12.6. The first-order chi connectivity index (χ1) is 10.0. The lowest BCUT2D eigenvalue weighted by Crippen LogP contribution is -2.48. The molecule has 114 valence electrons. The van der Waals surface area contributed by atoms with Gasteiger partial charge in [-0.05, 0) is 32.3 Å². The first-order valence-corrected chi connectivity index (χ1v) is 7.31. The number of piperidine rings is 1. The summed E-state index contributed by atoms with van der Waals surface area (Å²) < 4.78 is 5.05. The molecule has 21 heavy (non-hydrogen) atoms. The molecular weight excluding hydrogens is 294 g/mol. The molecule has 1 saturated heterocycles. The standard InChI is InChI=1S/C14H18ClN3O3/c1-2-21-14(20)11-5-3-4-6-18(11)13(19)10-7-9(16)8-17-12(10)15/h7-8,11H,2-6,16H2,1H3. The molecule has 7 heteroatoms. The summed E-state index contributed by atoms with van der Waals surface area (Å²) in [6.45, 7) is 2.52. The Balaban J connectivity index is 2.26. The number of carbonyl (C=O) groups excluding carboxylic acids is 2. The van der Waals surface area contributed by atoms with Crippen LogP contribution in [0.15, 0.2) is 12.3 Å². The Bertz CT molecular complexity index is 550. The number of nitrogens with two attached hydrogens (primary N) is 1. The van der Waals surface area contributed by atoms with Crippen LogP contribution in [-0.2, 0) is 9.53 Å². The van der Waals surface area contributed by atoms with Crippen molar-refractivity contribution >= 4 is 29.2 Å². The van der Waals surface area contributed by atoms with Crippen molar-refractivity contribution in [2.24, 2.45) is 0 Å². The third-order valence-corrected chi connectivity index (χ3v) is 3.71. The maximum atomic E-state index is 12.6. The van der Waals surface area contributed by atoms with Crippen molar-refractivity contribution in [3.05, 3.63) is 23.0 Å². The summed E-state index contributed by atoms with van der Waals surface area (Å²) in [6, 6.07) is 0.915. The molecule has 1 aliphatic rings. The number of carbonyl (C=O) groups is 2. The van der Waals surface area contributed by atoms with Crippen molar-refractivity contribution in [3.63, 3.8) is 0 Å². The largest absolute Gasteiger partial charge is 0.464 e. The van der Waals surface area contributed by atoms with Crippen molar-refractivity contribution in [2.45, 2.75) is 32.2 Å². The number of anilines is 1. The van der Waals surface area contributed by atoms with Gasteiger partial charge >= 0.3 is 5.97 Å². The second-order valence-corrected chi connectivity index (χ2v) is 5.23. The Labute approximate surface area is 128 Å². The number of nitrogens with zero attached hydrogens (tertiary/aromatic N) is 2. The molecule has 1 atom stereocenters. The van der Waals surface area contributed by atoms with Crippen molar-refractivity contribution in [2.75, 3.05) is 18.9 Å². The average molecular weight is 312 g/mol. The van der Waals surface area contributed by atoms with E-state index in [0.29, 0.717) is 18.7 Å². The highest BCUT2D eigenvalue weighted by molar-refractivity contribution is 6.32. The topological polar surface area (TPSA) is 85.5 Å². The summed E-state index contributed by atoms with van der Waals surface area (Å²) in [5.41, 5.74) is 6.22. The molecule has 1 aromatic heterocycles. The number of hydrogen-bond donors (Lipinski definition) is 1. The quantitative estimate of drug-likeness (QED) is 0.680. The van der Waals surface area contributed by atoms with Crippen LogP contribution in [-0.4, -0.2) is 41.0 Å². The number of amides is 1. The normalized spacial score (nSPS) is 18.4. The van der Waals surface area contributed by atoms with E-state index in [2.05, 4.69) is 4.98 Å². The first-order valence-electron chi connectivity index (χ1n) is 6.93. The van der Waals surface area contributed by atoms with E-state index in [9.17, 15) is 9.59 Å². The van der Waals surface area contributed by atoms with Crippen LogP contribution < -0.4 is 5.73 Å². The maximum Gasteiger partial charge on any atom is 0.328 e. The summed E-state index contributed by atoms with van der Waals surface area (Å²) in [7, 11) is 0. The summed E-state index contributed by atoms with van der Waals surface area (Å²) in [6.07, 6.45) is 3.71. The highest BCUT2D eigenvalue weighted by Crippen LogP contribution is 2.24. The number of ether oxygens (including phenoxy) is 1. The average Bonchev–Trinajstić information content (AvgIpc) is 2.49. The van der Waals surface area contributed by atoms with Crippen LogP contribution in [0.5, 0.6) is 0 Å². The fraction of sp³-hybridized carbons (Fsp3) is 0.500. The van der Waals surface area contributed by atoms with Crippen LogP contribution in [0, 0.1) is 0 Å². The molecule has 0 radical (unpaired) electrons. The van der Waals surface area contributed by atoms with Gasteiger partial charge in [0.25, 0.3) is 5.91 Å². The van der Waals surface area contributed by atoms with E-state index in [-0.39, 0.29) is 29.2 Å². The fourth-order valence-electron chi connectivity index (χ4n) is 2.43. The predicted octanol–water partition coefficient (Wildman–Crippen LogP) is 1.87. The summed E-state index contributed by atoms with van der Waals surface area (Å²) in [5, 5.41) is 0.0855. The van der Waals surface area contributed by atoms with Crippen LogP contribution in [0.2, 0.25) is 5.15 Å². The molecule has 1 aromatic rings. The van der Waals surface area contributed by atoms with Crippen LogP contribution >= 0.6 is 11.6 Å². The molecule has 6 nitrogen and oxygen atoms in total. The van der Waals surface area contributed by atoms with Gasteiger partial charge < -0.3 is 15.4 Å². The molecule has 2 heterocycles. The number of pyridine rings is 1. The van der Waals surface area contributed by atoms with Gasteiger partial charge in [-0.25, -0.2) is 9.78 Å². The molecule has 0 spiro atoms. The summed E-state index contributed by atoms with van der Waals surface area (Å²) in [4.78, 5) is 30.0. The molecular formula is C14H18ClN3O3. The number of nitrogen functional groups attached to an aromatic ring is 1. The zero-order valence-corrected chi connectivity index (χ0v) is 12.6. The van der Waals surface area contributed by atoms with Crippen LogP contribution in [0.4, 0.5) is 5.69 Å². The molecule has 2 rings (SSSR count). The van der Waals surface area contributed by atoms with E-state index in [0.717, 1.165) is 12.8 Å². The zero-order chi connectivity index (χ0) is 15.4. The van der Waals surface area contributed by atoms with Gasteiger partial charge in [-0.3, -0.25) is 4.79 Å². The minimum atomic E-state index is -0.566. The van der Waals surface area contributed by atoms with E-state index >= 15 is 0 Å². The summed E-state index contributed by atoms with van der Waals surface area (Å²) in [5.74, 6) is -0.712.